The van der Waals surface area contributed by atoms with Crippen LogP contribution in [0.4, 0.5) is 11.5 Å². The van der Waals surface area contributed by atoms with Crippen molar-refractivity contribution in [1.29, 1.82) is 0 Å². The Kier molecular flexibility index (Phi) is 4.33. The summed E-state index contributed by atoms with van der Waals surface area (Å²) in [6.07, 6.45) is 1.69. The average molecular weight is 370 g/mol. The number of furan rings is 1. The lowest BCUT2D eigenvalue weighted by Crippen LogP contribution is -2.47. The predicted octanol–water partition coefficient (Wildman–Crippen LogP) is 4.46. The first kappa shape index (κ1) is 16.7. The van der Waals surface area contributed by atoms with E-state index in [1.807, 2.05) is 35.0 Å². The molecule has 0 radical (unpaired) electrons. The Morgan fingerprint density at radius 1 is 0.679 bits per heavy atom. The summed E-state index contributed by atoms with van der Waals surface area (Å²) < 4.78 is 7.61. The Labute approximate surface area is 164 Å². The van der Waals surface area contributed by atoms with Gasteiger partial charge in [0.2, 0.25) is 0 Å². The number of anilines is 2. The number of benzene rings is 2. The number of hydrogen-bond acceptors (Lipinski definition) is 4. The molecule has 0 spiro atoms. The molecule has 5 nitrogen and oxygen atoms in total. The first-order valence-corrected chi connectivity index (χ1v) is 9.63. The Morgan fingerprint density at radius 2 is 1.32 bits per heavy atom. The van der Waals surface area contributed by atoms with Gasteiger partial charge in [0.25, 0.3) is 0 Å². The zero-order chi connectivity index (χ0) is 18.8. The molecule has 0 unspecified atom stereocenters. The van der Waals surface area contributed by atoms with E-state index in [0.29, 0.717) is 0 Å². The minimum atomic E-state index is 0.791. The molecular weight excluding hydrogens is 348 g/mol. The largest absolute Gasteiger partial charge is 0.463 e. The maximum Gasteiger partial charge on any atom is 0.154 e. The lowest BCUT2D eigenvalue weighted by Gasteiger charge is -2.37. The second kappa shape index (κ2) is 7.27. The zero-order valence-electron chi connectivity index (χ0n) is 15.6. The molecule has 5 rings (SSSR count). The third-order valence-corrected chi connectivity index (χ3v) is 5.19. The number of piperazine rings is 1. The van der Waals surface area contributed by atoms with Crippen LogP contribution in [0.1, 0.15) is 0 Å². The Balaban J connectivity index is 1.44. The number of hydrogen-bond donors (Lipinski definition) is 0. The van der Waals surface area contributed by atoms with Gasteiger partial charge in [-0.25, -0.2) is 4.68 Å². The summed E-state index contributed by atoms with van der Waals surface area (Å²) in [4.78, 5) is 4.85. The average Bonchev–Trinajstić information content (AvgIpc) is 3.45. The highest BCUT2D eigenvalue weighted by Gasteiger charge is 2.22. The van der Waals surface area contributed by atoms with E-state index in [-0.39, 0.29) is 0 Å². The molecule has 0 saturated carbocycles. The first-order chi connectivity index (χ1) is 13.9. The second-order valence-electron chi connectivity index (χ2n) is 6.92. The Bertz CT molecular complexity index is 1020. The van der Waals surface area contributed by atoms with Crippen LogP contribution >= 0.6 is 0 Å². The molecule has 1 fully saturated rings. The predicted molar refractivity (Wildman–Crippen MR) is 112 cm³/mol. The van der Waals surface area contributed by atoms with E-state index in [9.17, 15) is 0 Å². The molecule has 2 aromatic carbocycles. The van der Waals surface area contributed by atoms with Gasteiger partial charge < -0.3 is 14.2 Å². The fourth-order valence-electron chi connectivity index (χ4n) is 3.73. The molecule has 4 aromatic rings. The Morgan fingerprint density at radius 3 is 1.96 bits per heavy atom. The maximum absolute atomic E-state index is 5.58. The number of aromatic nitrogens is 2. The number of para-hydroxylation sites is 2. The standard InChI is InChI=1S/C23H22N4O/c1-3-8-19(9-4-1)25-13-15-26(16-14-25)23-18-21(22-12-7-17-28-22)24-27(23)20-10-5-2-6-11-20/h1-12,17-18H,13-16H2. The van der Waals surface area contributed by atoms with Crippen molar-refractivity contribution in [3.63, 3.8) is 0 Å². The lowest BCUT2D eigenvalue weighted by molar-refractivity contribution is 0.579. The summed E-state index contributed by atoms with van der Waals surface area (Å²) in [6.45, 7) is 3.87. The van der Waals surface area contributed by atoms with Crippen LogP contribution in [0, 0.1) is 0 Å². The van der Waals surface area contributed by atoms with Gasteiger partial charge in [0, 0.05) is 37.9 Å². The molecular formula is C23H22N4O. The number of nitrogens with zero attached hydrogens (tertiary/aromatic N) is 4. The van der Waals surface area contributed by atoms with Crippen molar-refractivity contribution in [2.75, 3.05) is 36.0 Å². The van der Waals surface area contributed by atoms with Crippen LogP contribution in [0.25, 0.3) is 17.1 Å². The summed E-state index contributed by atoms with van der Waals surface area (Å²) in [6, 6.07) is 26.9. The van der Waals surface area contributed by atoms with Crippen LogP contribution in [0.15, 0.2) is 89.5 Å². The molecule has 1 aliphatic rings. The fraction of sp³-hybridized carbons (Fsp3) is 0.174. The van der Waals surface area contributed by atoms with Crippen LogP contribution in [-0.2, 0) is 0 Å². The summed E-state index contributed by atoms with van der Waals surface area (Å²) >= 11 is 0. The highest BCUT2D eigenvalue weighted by molar-refractivity contribution is 5.62. The van der Waals surface area contributed by atoms with E-state index in [0.717, 1.165) is 49.1 Å². The van der Waals surface area contributed by atoms with Crippen LogP contribution in [0.2, 0.25) is 0 Å². The van der Waals surface area contributed by atoms with E-state index >= 15 is 0 Å². The molecule has 5 heteroatoms. The van der Waals surface area contributed by atoms with Gasteiger partial charge in [0.1, 0.15) is 11.5 Å². The molecule has 0 bridgehead atoms. The molecule has 3 heterocycles. The molecule has 0 N–H and O–H groups in total. The quantitative estimate of drug-likeness (QED) is 0.532. The van der Waals surface area contributed by atoms with E-state index in [1.54, 1.807) is 6.26 Å². The molecule has 140 valence electrons. The molecule has 1 saturated heterocycles. The van der Waals surface area contributed by atoms with Crippen molar-refractivity contribution in [2.24, 2.45) is 0 Å². The van der Waals surface area contributed by atoms with Crippen LogP contribution in [-0.4, -0.2) is 36.0 Å². The molecule has 1 aliphatic heterocycles. The monoisotopic (exact) mass is 370 g/mol. The maximum atomic E-state index is 5.58. The van der Waals surface area contributed by atoms with Crippen molar-refractivity contribution in [3.8, 4) is 17.1 Å². The topological polar surface area (TPSA) is 37.4 Å². The van der Waals surface area contributed by atoms with Crippen molar-refractivity contribution in [1.82, 2.24) is 9.78 Å². The zero-order valence-corrected chi connectivity index (χ0v) is 15.6. The third kappa shape index (κ3) is 3.16. The highest BCUT2D eigenvalue weighted by Crippen LogP contribution is 2.29. The second-order valence-corrected chi connectivity index (χ2v) is 6.92. The normalized spacial score (nSPS) is 14.4. The van der Waals surface area contributed by atoms with Crippen molar-refractivity contribution in [2.45, 2.75) is 0 Å². The van der Waals surface area contributed by atoms with Crippen LogP contribution < -0.4 is 9.80 Å². The van der Waals surface area contributed by atoms with Crippen molar-refractivity contribution < 1.29 is 4.42 Å². The third-order valence-electron chi connectivity index (χ3n) is 5.19. The van der Waals surface area contributed by atoms with Gasteiger partial charge >= 0.3 is 0 Å². The van der Waals surface area contributed by atoms with E-state index in [4.69, 9.17) is 9.52 Å². The molecule has 0 atom stereocenters. The lowest BCUT2D eigenvalue weighted by atomic mass is 10.2. The van der Waals surface area contributed by atoms with Gasteiger partial charge in [-0.3, -0.25) is 0 Å². The van der Waals surface area contributed by atoms with Gasteiger partial charge in [-0.2, -0.15) is 5.10 Å². The fourth-order valence-corrected chi connectivity index (χ4v) is 3.73. The highest BCUT2D eigenvalue weighted by atomic mass is 16.3. The summed E-state index contributed by atoms with van der Waals surface area (Å²) in [5.41, 5.74) is 3.20. The molecule has 0 amide bonds. The summed E-state index contributed by atoms with van der Waals surface area (Å²) in [7, 11) is 0. The van der Waals surface area contributed by atoms with E-state index < -0.39 is 0 Å². The van der Waals surface area contributed by atoms with Crippen molar-refractivity contribution in [3.05, 3.63) is 85.1 Å². The van der Waals surface area contributed by atoms with Crippen LogP contribution in [0.3, 0.4) is 0 Å². The minimum Gasteiger partial charge on any atom is -0.463 e. The molecule has 0 aliphatic carbocycles. The number of rotatable bonds is 4. The molecule has 2 aromatic heterocycles. The SMILES string of the molecule is c1ccc(N2CCN(c3cc(-c4ccco4)nn3-c3ccccc3)CC2)cc1. The van der Waals surface area contributed by atoms with Gasteiger partial charge in [-0.1, -0.05) is 36.4 Å². The minimum absolute atomic E-state index is 0.791. The molecule has 28 heavy (non-hydrogen) atoms. The van der Waals surface area contributed by atoms with Gasteiger partial charge in [0.15, 0.2) is 5.76 Å². The Hall–Kier alpha value is -3.47. The summed E-state index contributed by atoms with van der Waals surface area (Å²) in [5, 5.41) is 4.84. The smallest absolute Gasteiger partial charge is 0.154 e. The summed E-state index contributed by atoms with van der Waals surface area (Å²) in [5.74, 6) is 1.89. The van der Waals surface area contributed by atoms with E-state index in [1.165, 1.54) is 5.69 Å². The van der Waals surface area contributed by atoms with Crippen LogP contribution in [0.5, 0.6) is 0 Å². The van der Waals surface area contributed by atoms with E-state index in [2.05, 4.69) is 58.3 Å². The van der Waals surface area contributed by atoms with Crippen molar-refractivity contribution >= 4 is 11.5 Å². The van der Waals surface area contributed by atoms with Gasteiger partial charge in [-0.15, -0.1) is 0 Å². The first-order valence-electron chi connectivity index (χ1n) is 9.63. The van der Waals surface area contributed by atoms with Gasteiger partial charge in [-0.05, 0) is 36.4 Å². The van der Waals surface area contributed by atoms with Gasteiger partial charge in [0.05, 0.1) is 12.0 Å².